The molecule has 1 amide bonds. The highest BCUT2D eigenvalue weighted by atomic mass is 35.5. The average Bonchev–Trinajstić information content (AvgIpc) is 3.61. The van der Waals surface area contributed by atoms with Crippen molar-refractivity contribution in [2.75, 3.05) is 18.4 Å². The van der Waals surface area contributed by atoms with Crippen molar-refractivity contribution in [1.29, 1.82) is 0 Å². The molecular weight excluding hydrogens is 575 g/mol. The third kappa shape index (κ3) is 6.04. The summed E-state index contributed by atoms with van der Waals surface area (Å²) in [5.41, 5.74) is 0.511. The Morgan fingerprint density at radius 2 is 1.79 bits per heavy atom. The van der Waals surface area contributed by atoms with Crippen molar-refractivity contribution in [1.82, 2.24) is 9.47 Å². The number of hydrogen-bond acceptors (Lipinski definition) is 5. The molecule has 2 fully saturated rings. The highest BCUT2D eigenvalue weighted by Crippen LogP contribution is 2.35. The Morgan fingerprint density at radius 3 is 2.45 bits per heavy atom. The van der Waals surface area contributed by atoms with Gasteiger partial charge in [0, 0.05) is 38.1 Å². The number of anilines is 1. The second-order valence-corrected chi connectivity index (χ2v) is 11.4. The van der Waals surface area contributed by atoms with Crippen molar-refractivity contribution in [3.8, 4) is 0 Å². The highest BCUT2D eigenvalue weighted by molar-refractivity contribution is 6.34. The van der Waals surface area contributed by atoms with E-state index >= 15 is 8.78 Å². The lowest BCUT2D eigenvalue weighted by molar-refractivity contribution is -0.252. The van der Waals surface area contributed by atoms with Gasteiger partial charge in [-0.25, -0.2) is 13.7 Å². The first-order valence-corrected chi connectivity index (χ1v) is 14.3. The van der Waals surface area contributed by atoms with E-state index in [4.69, 9.17) is 16.3 Å². The fourth-order valence-corrected chi connectivity index (χ4v) is 6.03. The number of aromatic nitrogens is 1. The molecule has 2 N–H and O–H groups in total. The van der Waals surface area contributed by atoms with Gasteiger partial charge in [-0.3, -0.25) is 14.4 Å². The molecule has 5 rings (SSSR count). The number of Topliss-reactive ketones (excluding diaryl/α,β-unsaturated/α-hetero) is 1. The van der Waals surface area contributed by atoms with Gasteiger partial charge >= 0.3 is 11.9 Å². The summed E-state index contributed by atoms with van der Waals surface area (Å²) in [5.74, 6) is -7.13. The minimum Gasteiger partial charge on any atom is -0.481 e. The number of aryl methyl sites for hydroxylation is 1. The molecule has 0 radical (unpaired) electrons. The molecule has 0 bridgehead atoms. The zero-order valence-corrected chi connectivity index (χ0v) is 23.7. The van der Waals surface area contributed by atoms with Crippen LogP contribution in [0.2, 0.25) is 5.02 Å². The fourth-order valence-electron chi connectivity index (χ4n) is 5.80. The number of carboxylic acids is 1. The average molecular weight is 606 g/mol. The number of ether oxygens (including phenoxy) is 1. The zero-order chi connectivity index (χ0) is 30.2. The summed E-state index contributed by atoms with van der Waals surface area (Å²) in [6.07, 6.45) is 2.80. The maximum Gasteiger partial charge on any atom is 0.330 e. The van der Waals surface area contributed by atoms with Gasteiger partial charge in [0.05, 0.1) is 33.8 Å². The van der Waals surface area contributed by atoms with Crippen LogP contribution in [0.5, 0.6) is 0 Å². The maximum atomic E-state index is 16.4. The second kappa shape index (κ2) is 12.1. The standard InChI is InChI=1S/C30H31ClF3N3O5/c1-36-16-22(21-9-6-19(32)14-26(21)36)28(39)35-25-15-24(33)18(12-23(25)31)13-27(38)30(34,37-10-2-3-11-37)42-20-7-4-17(5-8-20)29(40)41/h6,9,12,14-17,20H,2-5,7-8,10-11,13H2,1H3,(H,35,39)(H,40,41). The first-order valence-electron chi connectivity index (χ1n) is 13.9. The van der Waals surface area contributed by atoms with Gasteiger partial charge in [-0.1, -0.05) is 11.6 Å². The Balaban J connectivity index is 1.32. The number of nitrogens with zero attached hydrogens (tertiary/aromatic N) is 2. The molecule has 1 atom stereocenters. The molecule has 1 aliphatic heterocycles. The topological polar surface area (TPSA) is 101 Å². The monoisotopic (exact) mass is 605 g/mol. The molecule has 224 valence electrons. The Kier molecular flexibility index (Phi) is 8.63. The number of hydrogen-bond donors (Lipinski definition) is 2. The lowest BCUT2D eigenvalue weighted by Gasteiger charge is -2.37. The zero-order valence-electron chi connectivity index (χ0n) is 23.0. The number of carbonyl (C=O) groups is 3. The van der Waals surface area contributed by atoms with E-state index in [2.05, 4.69) is 5.32 Å². The summed E-state index contributed by atoms with van der Waals surface area (Å²) in [5, 5.41) is 12.2. The number of likely N-dealkylation sites (tertiary alicyclic amines) is 1. The summed E-state index contributed by atoms with van der Waals surface area (Å²) in [4.78, 5) is 39.0. The normalized spacial score (nSPS) is 20.9. The van der Waals surface area contributed by atoms with Gasteiger partial charge in [0.15, 0.2) is 0 Å². The SMILES string of the molecule is Cn1cc(C(=O)Nc2cc(F)c(CC(=O)C(F)(OC3CCC(C(=O)O)CC3)N3CCCC3)cc2Cl)c2ccc(F)cc21. The van der Waals surface area contributed by atoms with Gasteiger partial charge in [-0.2, -0.15) is 4.39 Å². The van der Waals surface area contributed by atoms with Crippen molar-refractivity contribution in [3.05, 3.63) is 64.3 Å². The Morgan fingerprint density at radius 1 is 1.10 bits per heavy atom. The van der Waals surface area contributed by atoms with E-state index in [1.807, 2.05) is 0 Å². The molecule has 42 heavy (non-hydrogen) atoms. The first kappa shape index (κ1) is 30.1. The summed E-state index contributed by atoms with van der Waals surface area (Å²) in [6, 6.07) is 6.14. The first-order chi connectivity index (χ1) is 20.0. The number of carbonyl (C=O) groups excluding carboxylic acids is 2. The van der Waals surface area contributed by atoms with Crippen LogP contribution in [0.15, 0.2) is 36.5 Å². The van der Waals surface area contributed by atoms with Gasteiger partial charge in [0.2, 0.25) is 5.78 Å². The molecule has 3 aromatic rings. The third-order valence-corrected chi connectivity index (χ3v) is 8.45. The van der Waals surface area contributed by atoms with Crippen molar-refractivity contribution < 1.29 is 37.4 Å². The molecular formula is C30H31ClF3N3O5. The van der Waals surface area contributed by atoms with Crippen LogP contribution in [0.3, 0.4) is 0 Å². The lowest BCUT2D eigenvalue weighted by Crippen LogP contribution is -2.54. The number of amides is 1. The van der Waals surface area contributed by atoms with Gasteiger partial charge in [0.1, 0.15) is 11.6 Å². The van der Waals surface area contributed by atoms with Gasteiger partial charge in [-0.05, 0) is 74.4 Å². The molecule has 1 saturated heterocycles. The second-order valence-electron chi connectivity index (χ2n) is 11.0. The molecule has 1 saturated carbocycles. The van der Waals surface area contributed by atoms with E-state index < -0.39 is 53.7 Å². The molecule has 0 spiro atoms. The summed E-state index contributed by atoms with van der Waals surface area (Å²) in [7, 11) is 1.66. The number of alkyl halides is 1. The van der Waals surface area contributed by atoms with E-state index in [1.54, 1.807) is 11.6 Å². The number of rotatable bonds is 9. The molecule has 1 unspecified atom stereocenters. The molecule has 12 heteroatoms. The lowest BCUT2D eigenvalue weighted by atomic mass is 9.87. The largest absolute Gasteiger partial charge is 0.481 e. The van der Waals surface area contributed by atoms with E-state index in [1.165, 1.54) is 35.4 Å². The minimum absolute atomic E-state index is 0.0491. The smallest absolute Gasteiger partial charge is 0.330 e. The predicted octanol–water partition coefficient (Wildman–Crippen LogP) is 5.85. The van der Waals surface area contributed by atoms with E-state index in [0.29, 0.717) is 62.5 Å². The van der Waals surface area contributed by atoms with Crippen LogP contribution in [0.4, 0.5) is 18.9 Å². The van der Waals surface area contributed by atoms with Crippen molar-refractivity contribution >= 4 is 45.9 Å². The van der Waals surface area contributed by atoms with Crippen LogP contribution in [0.25, 0.3) is 10.9 Å². The Bertz CT molecular complexity index is 1530. The van der Waals surface area contributed by atoms with E-state index in [9.17, 15) is 23.9 Å². The number of halogens is 4. The van der Waals surface area contributed by atoms with Crippen LogP contribution in [-0.4, -0.2) is 57.4 Å². The fraction of sp³-hybridized carbons (Fsp3) is 0.433. The molecule has 8 nitrogen and oxygen atoms in total. The quantitative estimate of drug-likeness (QED) is 0.297. The number of benzene rings is 2. The maximum absolute atomic E-state index is 16.4. The van der Waals surface area contributed by atoms with Gasteiger partial charge in [-0.15, -0.1) is 0 Å². The summed E-state index contributed by atoms with van der Waals surface area (Å²) >= 11 is 6.37. The number of ketones is 1. The Hall–Kier alpha value is -3.41. The van der Waals surface area contributed by atoms with Crippen molar-refractivity contribution in [2.24, 2.45) is 13.0 Å². The number of aliphatic carboxylic acids is 1. The molecule has 1 aromatic heterocycles. The molecule has 2 heterocycles. The third-order valence-electron chi connectivity index (χ3n) is 8.14. The van der Waals surface area contributed by atoms with Crippen LogP contribution < -0.4 is 5.32 Å². The molecule has 2 aromatic carbocycles. The van der Waals surface area contributed by atoms with Crippen molar-refractivity contribution in [3.63, 3.8) is 0 Å². The Labute approximate surface area is 245 Å². The minimum atomic E-state index is -2.79. The van der Waals surface area contributed by atoms with Gasteiger partial charge in [0.25, 0.3) is 5.91 Å². The van der Waals surface area contributed by atoms with Crippen LogP contribution in [0.1, 0.15) is 54.4 Å². The van der Waals surface area contributed by atoms with E-state index in [0.717, 1.165) is 6.07 Å². The van der Waals surface area contributed by atoms with E-state index in [-0.39, 0.29) is 21.8 Å². The predicted molar refractivity (Wildman–Crippen MR) is 150 cm³/mol. The number of fused-ring (bicyclic) bond motifs is 1. The van der Waals surface area contributed by atoms with Crippen molar-refractivity contribution in [2.45, 2.75) is 57.0 Å². The van der Waals surface area contributed by atoms with Gasteiger partial charge < -0.3 is 19.7 Å². The van der Waals surface area contributed by atoms with Crippen LogP contribution >= 0.6 is 11.6 Å². The molecule has 1 aliphatic carbocycles. The van der Waals surface area contributed by atoms with Crippen LogP contribution in [-0.2, 0) is 27.8 Å². The summed E-state index contributed by atoms with van der Waals surface area (Å²) < 4.78 is 52.7. The molecule has 2 aliphatic rings. The number of nitrogens with one attached hydrogen (secondary N) is 1. The highest BCUT2D eigenvalue weighted by Gasteiger charge is 2.49. The summed E-state index contributed by atoms with van der Waals surface area (Å²) in [6.45, 7) is 0.587. The number of carboxylic acid groups (broad SMARTS) is 1. The van der Waals surface area contributed by atoms with Crippen LogP contribution in [0, 0.1) is 17.6 Å².